The number of morpholine rings is 1. The largest absolute Gasteiger partial charge is 0.379 e. The van der Waals surface area contributed by atoms with Crippen LogP contribution in [0.5, 0.6) is 0 Å². The molecular formula is C13H26N2O2. The van der Waals surface area contributed by atoms with E-state index >= 15 is 0 Å². The minimum Gasteiger partial charge on any atom is -0.379 e. The number of ether oxygens (including phenoxy) is 2. The van der Waals surface area contributed by atoms with Gasteiger partial charge in [-0.05, 0) is 19.9 Å². The van der Waals surface area contributed by atoms with E-state index in [9.17, 15) is 0 Å². The molecule has 3 atom stereocenters. The van der Waals surface area contributed by atoms with Crippen molar-refractivity contribution < 1.29 is 9.47 Å². The van der Waals surface area contributed by atoms with Gasteiger partial charge in [0.15, 0.2) is 0 Å². The number of hydrogen-bond donors (Lipinski definition) is 1. The summed E-state index contributed by atoms with van der Waals surface area (Å²) in [5, 5.41) is 3.60. The highest BCUT2D eigenvalue weighted by molar-refractivity contribution is 4.85. The second-order valence-corrected chi connectivity index (χ2v) is 5.28. The van der Waals surface area contributed by atoms with E-state index in [1.165, 1.54) is 6.42 Å². The lowest BCUT2D eigenvalue weighted by Gasteiger charge is -2.35. The highest BCUT2D eigenvalue weighted by Gasteiger charge is 2.31. The van der Waals surface area contributed by atoms with E-state index in [1.807, 2.05) is 0 Å². The zero-order chi connectivity index (χ0) is 12.1. The predicted molar refractivity (Wildman–Crippen MR) is 68.2 cm³/mol. The fourth-order valence-corrected chi connectivity index (χ4v) is 2.67. The molecule has 100 valence electrons. The summed E-state index contributed by atoms with van der Waals surface area (Å²) >= 11 is 0. The molecule has 2 heterocycles. The predicted octanol–water partition coefficient (Wildman–Crippen LogP) is 0.722. The zero-order valence-electron chi connectivity index (χ0n) is 11.2. The summed E-state index contributed by atoms with van der Waals surface area (Å²) in [5.41, 5.74) is 0. The van der Waals surface area contributed by atoms with E-state index in [2.05, 4.69) is 24.1 Å². The third-order valence-electron chi connectivity index (χ3n) is 3.83. The molecule has 4 heteroatoms. The topological polar surface area (TPSA) is 33.7 Å². The van der Waals surface area contributed by atoms with Crippen molar-refractivity contribution in [2.45, 2.75) is 32.4 Å². The lowest BCUT2D eigenvalue weighted by atomic mass is 10.0. The van der Waals surface area contributed by atoms with E-state index in [0.717, 1.165) is 46.1 Å². The molecule has 0 amide bonds. The van der Waals surface area contributed by atoms with Crippen molar-refractivity contribution in [3.05, 3.63) is 0 Å². The second kappa shape index (κ2) is 6.69. The smallest absolute Gasteiger partial charge is 0.0623 e. The first kappa shape index (κ1) is 13.3. The van der Waals surface area contributed by atoms with Gasteiger partial charge >= 0.3 is 0 Å². The van der Waals surface area contributed by atoms with Crippen LogP contribution in [0.1, 0.15) is 20.3 Å². The summed E-state index contributed by atoms with van der Waals surface area (Å²) in [4.78, 5) is 2.55. The third kappa shape index (κ3) is 3.65. The minimum absolute atomic E-state index is 0.546. The fraction of sp³-hybridized carbons (Fsp3) is 1.00. The van der Waals surface area contributed by atoms with E-state index in [0.29, 0.717) is 18.0 Å². The normalized spacial score (nSPS) is 35.3. The zero-order valence-corrected chi connectivity index (χ0v) is 11.2. The average molecular weight is 242 g/mol. The summed E-state index contributed by atoms with van der Waals surface area (Å²) in [5.74, 6) is 0.641. The number of rotatable bonds is 5. The summed E-state index contributed by atoms with van der Waals surface area (Å²) in [6.07, 6.45) is 1.19. The van der Waals surface area contributed by atoms with Crippen molar-refractivity contribution in [2.24, 2.45) is 5.92 Å². The molecule has 0 bridgehead atoms. The molecule has 2 saturated heterocycles. The number of hydrogen-bond acceptors (Lipinski definition) is 4. The SMILES string of the molecule is CCCNC1COCC1CN1CCOCC1C. The van der Waals surface area contributed by atoms with Crippen LogP contribution in [0.3, 0.4) is 0 Å². The standard InChI is InChI=1S/C13H26N2O2/c1-3-4-14-13-10-17-9-12(13)7-15-5-6-16-8-11(15)2/h11-14H,3-10H2,1-2H3. The van der Waals surface area contributed by atoms with E-state index in [-0.39, 0.29) is 0 Å². The van der Waals surface area contributed by atoms with Crippen LogP contribution in [0.2, 0.25) is 0 Å². The molecule has 0 saturated carbocycles. The average Bonchev–Trinajstić information content (AvgIpc) is 2.77. The maximum absolute atomic E-state index is 5.62. The molecular weight excluding hydrogens is 216 g/mol. The van der Waals surface area contributed by atoms with Gasteiger partial charge in [0.25, 0.3) is 0 Å². The Bertz CT molecular complexity index is 225. The molecule has 17 heavy (non-hydrogen) atoms. The molecule has 0 spiro atoms. The van der Waals surface area contributed by atoms with Gasteiger partial charge in [0.2, 0.25) is 0 Å². The molecule has 2 rings (SSSR count). The first-order chi connectivity index (χ1) is 8.31. The molecule has 2 aliphatic heterocycles. The van der Waals surface area contributed by atoms with Gasteiger partial charge in [0, 0.05) is 31.1 Å². The monoisotopic (exact) mass is 242 g/mol. The Morgan fingerprint density at radius 2 is 2.12 bits per heavy atom. The fourth-order valence-electron chi connectivity index (χ4n) is 2.67. The van der Waals surface area contributed by atoms with Crippen molar-refractivity contribution in [1.82, 2.24) is 10.2 Å². The number of nitrogens with one attached hydrogen (secondary N) is 1. The Labute approximate surface area is 105 Å². The second-order valence-electron chi connectivity index (χ2n) is 5.28. The Morgan fingerprint density at radius 3 is 2.88 bits per heavy atom. The highest BCUT2D eigenvalue weighted by atomic mass is 16.5. The van der Waals surface area contributed by atoms with Crippen LogP contribution in [0.25, 0.3) is 0 Å². The number of nitrogens with zero attached hydrogens (tertiary/aromatic N) is 1. The lowest BCUT2D eigenvalue weighted by Crippen LogP contribution is -2.49. The molecule has 2 fully saturated rings. The van der Waals surface area contributed by atoms with Crippen molar-refractivity contribution in [3.8, 4) is 0 Å². The highest BCUT2D eigenvalue weighted by Crippen LogP contribution is 2.18. The summed E-state index contributed by atoms with van der Waals surface area (Å²) in [6, 6.07) is 1.10. The van der Waals surface area contributed by atoms with Crippen LogP contribution in [-0.2, 0) is 9.47 Å². The van der Waals surface area contributed by atoms with Gasteiger partial charge in [-0.3, -0.25) is 4.90 Å². The van der Waals surface area contributed by atoms with Gasteiger partial charge in [-0.2, -0.15) is 0 Å². The Morgan fingerprint density at radius 1 is 1.24 bits per heavy atom. The summed E-state index contributed by atoms with van der Waals surface area (Å²) < 4.78 is 11.1. The van der Waals surface area contributed by atoms with Crippen LogP contribution in [0.4, 0.5) is 0 Å². The molecule has 2 aliphatic rings. The van der Waals surface area contributed by atoms with Crippen LogP contribution >= 0.6 is 0 Å². The molecule has 0 radical (unpaired) electrons. The van der Waals surface area contributed by atoms with E-state index in [1.54, 1.807) is 0 Å². The Balaban J connectivity index is 1.79. The van der Waals surface area contributed by atoms with E-state index in [4.69, 9.17) is 9.47 Å². The summed E-state index contributed by atoms with van der Waals surface area (Å²) in [6.45, 7) is 11.3. The lowest BCUT2D eigenvalue weighted by molar-refractivity contribution is -0.00889. The molecule has 0 aliphatic carbocycles. The summed E-state index contributed by atoms with van der Waals surface area (Å²) in [7, 11) is 0. The third-order valence-corrected chi connectivity index (χ3v) is 3.83. The molecule has 4 nitrogen and oxygen atoms in total. The molecule has 0 aromatic heterocycles. The van der Waals surface area contributed by atoms with Crippen molar-refractivity contribution in [2.75, 3.05) is 46.1 Å². The first-order valence-corrected chi connectivity index (χ1v) is 6.94. The van der Waals surface area contributed by atoms with Crippen molar-refractivity contribution >= 4 is 0 Å². The first-order valence-electron chi connectivity index (χ1n) is 6.94. The molecule has 0 aromatic carbocycles. The maximum Gasteiger partial charge on any atom is 0.0623 e. The molecule has 3 unspecified atom stereocenters. The van der Waals surface area contributed by atoms with Crippen LogP contribution in [-0.4, -0.2) is 63.0 Å². The van der Waals surface area contributed by atoms with Crippen LogP contribution < -0.4 is 5.32 Å². The maximum atomic E-state index is 5.62. The minimum atomic E-state index is 0.546. The van der Waals surface area contributed by atoms with Gasteiger partial charge < -0.3 is 14.8 Å². The quantitative estimate of drug-likeness (QED) is 0.770. The van der Waals surface area contributed by atoms with Crippen LogP contribution in [0, 0.1) is 5.92 Å². The van der Waals surface area contributed by atoms with Crippen molar-refractivity contribution in [1.29, 1.82) is 0 Å². The van der Waals surface area contributed by atoms with Crippen molar-refractivity contribution in [3.63, 3.8) is 0 Å². The van der Waals surface area contributed by atoms with Crippen LogP contribution in [0.15, 0.2) is 0 Å². The van der Waals surface area contributed by atoms with Gasteiger partial charge in [0.05, 0.1) is 26.4 Å². The van der Waals surface area contributed by atoms with Gasteiger partial charge in [-0.15, -0.1) is 0 Å². The van der Waals surface area contributed by atoms with Gasteiger partial charge in [0.1, 0.15) is 0 Å². The van der Waals surface area contributed by atoms with Gasteiger partial charge in [-0.25, -0.2) is 0 Å². The Hall–Kier alpha value is -0.160. The Kier molecular flexibility index (Phi) is 5.22. The van der Waals surface area contributed by atoms with Gasteiger partial charge in [-0.1, -0.05) is 6.92 Å². The molecule has 1 N–H and O–H groups in total. The molecule has 0 aromatic rings. The van der Waals surface area contributed by atoms with E-state index < -0.39 is 0 Å².